The van der Waals surface area contributed by atoms with Gasteiger partial charge in [0, 0.05) is 57.8 Å². The second kappa shape index (κ2) is 10.5. The van der Waals surface area contributed by atoms with Crippen molar-refractivity contribution in [3.63, 3.8) is 0 Å². The molecule has 2 aliphatic heterocycles. The van der Waals surface area contributed by atoms with E-state index in [1.165, 1.54) is 0 Å². The van der Waals surface area contributed by atoms with E-state index in [1.54, 1.807) is 35.7 Å². The van der Waals surface area contributed by atoms with Gasteiger partial charge >= 0.3 is 0 Å². The fourth-order valence-corrected chi connectivity index (χ4v) is 6.12. The number of anilines is 2. The summed E-state index contributed by atoms with van der Waals surface area (Å²) in [5.41, 5.74) is 1.52. The number of thiophene rings is 1. The van der Waals surface area contributed by atoms with E-state index in [2.05, 4.69) is 20.3 Å². The Morgan fingerprint density at radius 2 is 1.97 bits per heavy atom. The van der Waals surface area contributed by atoms with Crippen LogP contribution in [0.5, 0.6) is 0 Å². The number of benzene rings is 1. The summed E-state index contributed by atoms with van der Waals surface area (Å²) in [6.07, 6.45) is 2.18. The maximum Gasteiger partial charge on any atom is 0.271 e. The first-order chi connectivity index (χ1) is 15.9. The highest BCUT2D eigenvalue weighted by Gasteiger charge is 2.22. The van der Waals surface area contributed by atoms with Crippen molar-refractivity contribution in [2.24, 2.45) is 0 Å². The van der Waals surface area contributed by atoms with Gasteiger partial charge in [-0.3, -0.25) is 14.3 Å². The number of hydrogen-bond acceptors (Lipinski definition) is 7. The van der Waals surface area contributed by atoms with Crippen molar-refractivity contribution in [1.29, 1.82) is 0 Å². The predicted molar refractivity (Wildman–Crippen MR) is 129 cm³/mol. The number of sulfonamides is 1. The molecule has 0 bridgehead atoms. The number of carbonyl (C=O) groups is 2. The van der Waals surface area contributed by atoms with Gasteiger partial charge in [-0.25, -0.2) is 8.42 Å². The van der Waals surface area contributed by atoms with Crippen LogP contribution in [0.4, 0.5) is 11.4 Å². The molecule has 0 unspecified atom stereocenters. The Balaban J connectivity index is 1.47. The minimum absolute atomic E-state index is 0.174. The maximum absolute atomic E-state index is 12.9. The molecule has 11 heteroatoms. The quantitative estimate of drug-likeness (QED) is 0.461. The minimum atomic E-state index is -3.75. The normalized spacial score (nSPS) is 16.8. The molecular formula is C22H29N5O4S2. The van der Waals surface area contributed by atoms with Crippen molar-refractivity contribution < 1.29 is 18.0 Å². The smallest absolute Gasteiger partial charge is 0.271 e. The lowest BCUT2D eigenvalue weighted by molar-refractivity contribution is -0.127. The fraction of sp³-hybridized carbons (Fsp3) is 0.455. The van der Waals surface area contributed by atoms with Crippen LogP contribution in [-0.4, -0.2) is 70.9 Å². The highest BCUT2D eigenvalue weighted by molar-refractivity contribution is 7.94. The number of nitrogens with zero attached hydrogens (tertiary/aromatic N) is 2. The Kier molecular flexibility index (Phi) is 7.51. The van der Waals surface area contributed by atoms with E-state index in [0.29, 0.717) is 37.2 Å². The zero-order valence-corrected chi connectivity index (χ0v) is 20.0. The van der Waals surface area contributed by atoms with Crippen LogP contribution in [0.3, 0.4) is 0 Å². The third-order valence-corrected chi connectivity index (χ3v) is 8.55. The van der Waals surface area contributed by atoms with E-state index in [0.717, 1.165) is 56.2 Å². The molecule has 2 amide bonds. The molecule has 0 aliphatic carbocycles. The topological polar surface area (TPSA) is 111 Å². The number of hydrogen-bond donors (Lipinski definition) is 3. The summed E-state index contributed by atoms with van der Waals surface area (Å²) in [6, 6.07) is 8.37. The third-order valence-electron chi connectivity index (χ3n) is 5.78. The zero-order chi connectivity index (χ0) is 23.3. The first-order valence-corrected chi connectivity index (χ1v) is 13.5. The van der Waals surface area contributed by atoms with Gasteiger partial charge in [-0.1, -0.05) is 6.07 Å². The fourth-order valence-electron chi connectivity index (χ4n) is 4.07. The first-order valence-electron chi connectivity index (χ1n) is 11.2. The molecule has 3 N–H and O–H groups in total. The molecule has 0 spiro atoms. The van der Waals surface area contributed by atoms with Crippen LogP contribution in [0.2, 0.25) is 0 Å². The molecule has 0 saturated carbocycles. The second-order valence-electron chi connectivity index (χ2n) is 8.10. The maximum atomic E-state index is 12.9. The number of rotatable bonds is 9. The van der Waals surface area contributed by atoms with Crippen molar-refractivity contribution in [3.8, 4) is 0 Å². The van der Waals surface area contributed by atoms with E-state index >= 15 is 0 Å². The van der Waals surface area contributed by atoms with Gasteiger partial charge in [0.2, 0.25) is 5.91 Å². The summed E-state index contributed by atoms with van der Waals surface area (Å²) in [5.74, 6) is -0.0984. The van der Waals surface area contributed by atoms with Gasteiger partial charge in [0.05, 0.1) is 11.4 Å². The molecule has 2 aromatic rings. The minimum Gasteiger partial charge on any atom is -0.367 e. The molecule has 0 radical (unpaired) electrons. The molecule has 33 heavy (non-hydrogen) atoms. The van der Waals surface area contributed by atoms with E-state index in [4.69, 9.17) is 0 Å². The molecule has 1 aromatic heterocycles. The summed E-state index contributed by atoms with van der Waals surface area (Å²) in [7, 11) is -3.75. The van der Waals surface area contributed by atoms with Gasteiger partial charge in [0.15, 0.2) is 0 Å². The average molecular weight is 492 g/mol. The van der Waals surface area contributed by atoms with Crippen LogP contribution in [0.25, 0.3) is 0 Å². The summed E-state index contributed by atoms with van der Waals surface area (Å²) in [4.78, 5) is 28.4. The second-order valence-corrected chi connectivity index (χ2v) is 11.0. The van der Waals surface area contributed by atoms with E-state index in [1.807, 2.05) is 4.90 Å². The molecule has 9 nitrogen and oxygen atoms in total. The largest absolute Gasteiger partial charge is 0.367 e. The molecule has 2 saturated heterocycles. The molecule has 2 fully saturated rings. The summed E-state index contributed by atoms with van der Waals surface area (Å²) in [5, 5.41) is 7.88. The lowest BCUT2D eigenvalue weighted by Crippen LogP contribution is -2.43. The predicted octanol–water partition coefficient (Wildman–Crippen LogP) is 1.70. The summed E-state index contributed by atoms with van der Waals surface area (Å²) in [6.45, 7) is 4.96. The van der Waals surface area contributed by atoms with Gasteiger partial charge in [0.1, 0.15) is 4.21 Å². The molecule has 1 aromatic carbocycles. The SMILES string of the molecule is O=C(NCCCN1CCCC1=O)c1ccc(N2CCNCC2)c(NS(=O)(=O)c2cccs2)c1. The van der Waals surface area contributed by atoms with Gasteiger partial charge in [-0.05, 0) is 42.5 Å². The van der Waals surface area contributed by atoms with Crippen LogP contribution in [-0.2, 0) is 14.8 Å². The number of amides is 2. The molecule has 2 aliphatic rings. The van der Waals surface area contributed by atoms with Crippen molar-refractivity contribution in [3.05, 3.63) is 41.3 Å². The van der Waals surface area contributed by atoms with Gasteiger partial charge < -0.3 is 20.4 Å². The van der Waals surface area contributed by atoms with Crippen molar-refractivity contribution in [1.82, 2.24) is 15.5 Å². The summed E-state index contributed by atoms with van der Waals surface area (Å²) < 4.78 is 28.7. The first kappa shape index (κ1) is 23.5. The standard InChI is InChI=1S/C22H29N5O4S2/c28-20-4-1-11-27(20)12-3-8-24-22(29)17-6-7-19(26-13-9-23-10-14-26)18(16-17)25-33(30,31)21-5-2-15-32-21/h2,5-7,15-16,23,25H,1,3-4,8-14H2,(H,24,29). The van der Waals surface area contributed by atoms with Gasteiger partial charge in [-0.15, -0.1) is 11.3 Å². The van der Waals surface area contributed by atoms with E-state index < -0.39 is 10.0 Å². The third kappa shape index (κ3) is 5.84. The van der Waals surface area contributed by atoms with Crippen molar-refractivity contribution >= 4 is 44.5 Å². The lowest BCUT2D eigenvalue weighted by atomic mass is 10.1. The van der Waals surface area contributed by atoms with Crippen LogP contribution in [0.1, 0.15) is 29.6 Å². The number of likely N-dealkylation sites (tertiary alicyclic amines) is 1. The van der Waals surface area contributed by atoms with Gasteiger partial charge in [-0.2, -0.15) is 0 Å². The molecule has 0 atom stereocenters. The Labute approximate surface area is 198 Å². The number of piperazine rings is 1. The molecule has 4 rings (SSSR count). The highest BCUT2D eigenvalue weighted by Crippen LogP contribution is 2.30. The number of nitrogens with one attached hydrogen (secondary N) is 3. The van der Waals surface area contributed by atoms with Crippen LogP contribution >= 0.6 is 11.3 Å². The Hall–Kier alpha value is -2.63. The lowest BCUT2D eigenvalue weighted by Gasteiger charge is -2.31. The van der Waals surface area contributed by atoms with Crippen molar-refractivity contribution in [2.45, 2.75) is 23.5 Å². The highest BCUT2D eigenvalue weighted by atomic mass is 32.2. The van der Waals surface area contributed by atoms with Crippen molar-refractivity contribution in [2.75, 3.05) is 55.4 Å². The Morgan fingerprint density at radius 1 is 1.15 bits per heavy atom. The zero-order valence-electron chi connectivity index (χ0n) is 18.4. The summed E-state index contributed by atoms with van der Waals surface area (Å²) >= 11 is 1.14. The average Bonchev–Trinajstić information content (AvgIpc) is 3.50. The van der Waals surface area contributed by atoms with E-state index in [9.17, 15) is 18.0 Å². The molecule has 3 heterocycles. The molecular weight excluding hydrogens is 462 g/mol. The Bertz CT molecular complexity index is 1080. The van der Waals surface area contributed by atoms with Gasteiger partial charge in [0.25, 0.3) is 15.9 Å². The Morgan fingerprint density at radius 3 is 2.67 bits per heavy atom. The van der Waals surface area contributed by atoms with Crippen LogP contribution in [0.15, 0.2) is 39.9 Å². The number of carbonyl (C=O) groups excluding carboxylic acids is 2. The van der Waals surface area contributed by atoms with Crippen LogP contribution < -0.4 is 20.3 Å². The monoisotopic (exact) mass is 491 g/mol. The molecule has 178 valence electrons. The van der Waals surface area contributed by atoms with E-state index in [-0.39, 0.29) is 16.0 Å². The van der Waals surface area contributed by atoms with Crippen LogP contribution in [0, 0.1) is 0 Å².